The first-order valence-corrected chi connectivity index (χ1v) is 11.2. The molecule has 38 heavy (non-hydrogen) atoms. The molecule has 0 heterocycles. The van der Waals surface area contributed by atoms with E-state index in [0.717, 1.165) is 18.2 Å². The maximum atomic E-state index is 11.1. The first-order valence-electron chi connectivity index (χ1n) is 11.2. The monoisotopic (exact) mass is 552 g/mol. The minimum Gasteiger partial charge on any atom is -0.462 e. The highest BCUT2D eigenvalue weighted by Crippen LogP contribution is 2.21. The Morgan fingerprint density at radius 1 is 0.474 bits per heavy atom. The third-order valence-electron chi connectivity index (χ3n) is 5.23. The fourth-order valence-corrected chi connectivity index (χ4v) is 2.17. The van der Waals surface area contributed by atoms with Crippen LogP contribution in [0.15, 0.2) is 38.0 Å². The van der Waals surface area contributed by atoms with Gasteiger partial charge in [0.1, 0.15) is 19.8 Å². The summed E-state index contributed by atoms with van der Waals surface area (Å²) in [5.41, 5.74) is -3.60. The van der Waals surface area contributed by atoms with Gasteiger partial charge in [0, 0.05) is 18.2 Å². The number of rotatable bonds is 20. The molecule has 0 rings (SSSR count). The average Bonchev–Trinajstić information content (AvgIpc) is 2.97. The molecule has 14 nitrogen and oxygen atoms in total. The van der Waals surface area contributed by atoms with E-state index in [-0.39, 0.29) is 33.0 Å². The highest BCUT2D eigenvalue weighted by atomic mass is 16.6. The van der Waals surface area contributed by atoms with Crippen molar-refractivity contribution in [3.8, 4) is 0 Å². The van der Waals surface area contributed by atoms with E-state index in [4.69, 9.17) is 49.6 Å². The van der Waals surface area contributed by atoms with Gasteiger partial charge in [-0.15, -0.1) is 0 Å². The number of hydrogen-bond donors (Lipinski definition) is 7. The Morgan fingerprint density at radius 3 is 0.895 bits per heavy atom. The van der Waals surface area contributed by atoms with Crippen LogP contribution in [0.3, 0.4) is 0 Å². The van der Waals surface area contributed by atoms with Gasteiger partial charge in [-0.2, -0.15) is 0 Å². The third-order valence-corrected chi connectivity index (χ3v) is 5.23. The predicted octanol–water partition coefficient (Wildman–Crippen LogP) is -2.92. The van der Waals surface area contributed by atoms with Crippen LogP contribution in [0.5, 0.6) is 0 Å². The fourth-order valence-electron chi connectivity index (χ4n) is 2.17. The summed E-state index contributed by atoms with van der Waals surface area (Å²) in [4.78, 5) is 33.3. The van der Waals surface area contributed by atoms with Gasteiger partial charge in [0.05, 0.1) is 75.7 Å². The first kappa shape index (κ1) is 37.5. The van der Waals surface area contributed by atoms with E-state index in [1.807, 2.05) is 0 Å². The lowest BCUT2D eigenvalue weighted by molar-refractivity contribution is -0.159. The molecule has 0 unspecified atom stereocenters. The Labute approximate surface area is 221 Å². The van der Waals surface area contributed by atoms with Crippen LogP contribution in [-0.2, 0) is 33.3 Å². The van der Waals surface area contributed by atoms with Gasteiger partial charge in [0.15, 0.2) is 0 Å². The second-order valence-corrected chi connectivity index (χ2v) is 8.54. The van der Waals surface area contributed by atoms with Crippen LogP contribution >= 0.6 is 0 Å². The molecular formula is C24H40O14. The van der Waals surface area contributed by atoms with Gasteiger partial charge in [-0.05, 0) is 0 Å². The lowest BCUT2D eigenvalue weighted by atomic mass is 9.91. The van der Waals surface area contributed by atoms with E-state index in [9.17, 15) is 19.5 Å². The zero-order valence-corrected chi connectivity index (χ0v) is 21.3. The molecule has 0 aromatic carbocycles. The van der Waals surface area contributed by atoms with Crippen molar-refractivity contribution in [1.82, 2.24) is 0 Å². The highest BCUT2D eigenvalue weighted by molar-refractivity contribution is 5.82. The van der Waals surface area contributed by atoms with E-state index in [0.29, 0.717) is 0 Å². The maximum Gasteiger partial charge on any atom is 0.330 e. The Morgan fingerprint density at radius 2 is 0.711 bits per heavy atom. The van der Waals surface area contributed by atoms with Gasteiger partial charge in [-0.1, -0.05) is 19.7 Å². The van der Waals surface area contributed by atoms with Crippen molar-refractivity contribution in [1.29, 1.82) is 0 Å². The summed E-state index contributed by atoms with van der Waals surface area (Å²) in [5.74, 6) is -2.17. The molecular weight excluding hydrogens is 512 g/mol. The van der Waals surface area contributed by atoms with Crippen LogP contribution in [0.1, 0.15) is 0 Å². The Balaban J connectivity index is 0. The van der Waals surface area contributed by atoms with Gasteiger partial charge in [0.25, 0.3) is 0 Å². The molecule has 0 radical (unpaired) electrons. The van der Waals surface area contributed by atoms with Crippen molar-refractivity contribution in [2.75, 3.05) is 79.3 Å². The van der Waals surface area contributed by atoms with Crippen molar-refractivity contribution in [2.24, 2.45) is 16.2 Å². The van der Waals surface area contributed by atoms with Crippen molar-refractivity contribution in [3.05, 3.63) is 38.0 Å². The average molecular weight is 553 g/mol. The molecule has 0 aromatic rings. The standard InChI is InChI=1S/C14H18O7.C10H22O7/c1-4-11(16)19-8-14(7-15,9-20-12(17)5-2)10-21-13(18)6-3;11-1-9(2-12,3-13)7-17-8-10(4-14,5-15)6-16/h4-6,15H,1-3,7-10H2;11-16H,1-8H2. The third kappa shape index (κ3) is 13.7. The molecule has 0 aliphatic rings. The molecule has 0 aliphatic heterocycles. The molecule has 0 amide bonds. The predicted molar refractivity (Wildman–Crippen MR) is 131 cm³/mol. The summed E-state index contributed by atoms with van der Waals surface area (Å²) in [7, 11) is 0. The van der Waals surface area contributed by atoms with Crippen LogP contribution in [0.25, 0.3) is 0 Å². The number of ether oxygens (including phenoxy) is 4. The summed E-state index contributed by atoms with van der Waals surface area (Å²) < 4.78 is 19.6. The number of carbonyl (C=O) groups excluding carboxylic acids is 3. The molecule has 0 aromatic heterocycles. The molecule has 220 valence electrons. The summed E-state index contributed by atoms with van der Waals surface area (Å²) in [5, 5.41) is 63.7. The minimum atomic E-state index is -1.28. The van der Waals surface area contributed by atoms with E-state index >= 15 is 0 Å². The molecule has 0 fully saturated rings. The van der Waals surface area contributed by atoms with Crippen LogP contribution in [0.4, 0.5) is 0 Å². The summed E-state index contributed by atoms with van der Waals surface area (Å²) in [6.07, 6.45) is 2.81. The number of aliphatic hydroxyl groups excluding tert-OH is 7. The van der Waals surface area contributed by atoms with Crippen molar-refractivity contribution in [2.45, 2.75) is 0 Å². The fraction of sp³-hybridized carbons (Fsp3) is 0.625. The van der Waals surface area contributed by atoms with Gasteiger partial charge >= 0.3 is 17.9 Å². The zero-order chi connectivity index (χ0) is 29.7. The van der Waals surface area contributed by atoms with Crippen molar-refractivity contribution in [3.63, 3.8) is 0 Å². The molecule has 0 saturated carbocycles. The molecule has 0 saturated heterocycles. The van der Waals surface area contributed by atoms with E-state index < -0.39 is 80.4 Å². The number of aliphatic hydroxyl groups is 7. The number of carbonyl (C=O) groups is 3. The summed E-state index contributed by atoms with van der Waals surface area (Å²) in [6.45, 7) is 5.14. The molecule has 7 N–H and O–H groups in total. The summed E-state index contributed by atoms with van der Waals surface area (Å²) in [6, 6.07) is 0. The highest BCUT2D eigenvalue weighted by Gasteiger charge is 2.35. The maximum absolute atomic E-state index is 11.1. The Hall–Kier alpha value is -2.69. The number of hydrogen-bond acceptors (Lipinski definition) is 14. The van der Waals surface area contributed by atoms with Crippen LogP contribution in [-0.4, -0.2) is 133 Å². The van der Waals surface area contributed by atoms with Gasteiger partial charge in [0.2, 0.25) is 0 Å². The lowest BCUT2D eigenvalue weighted by Gasteiger charge is -2.31. The Bertz CT molecular complexity index is 631. The van der Waals surface area contributed by atoms with E-state index in [2.05, 4.69) is 19.7 Å². The quantitative estimate of drug-likeness (QED) is 0.0456. The molecule has 14 heteroatoms. The summed E-state index contributed by atoms with van der Waals surface area (Å²) >= 11 is 0. The molecule has 0 atom stereocenters. The van der Waals surface area contributed by atoms with Crippen LogP contribution in [0.2, 0.25) is 0 Å². The molecule has 0 spiro atoms. The van der Waals surface area contributed by atoms with E-state index in [1.165, 1.54) is 0 Å². The number of esters is 3. The molecule has 0 bridgehead atoms. The normalized spacial score (nSPS) is 11.4. The van der Waals surface area contributed by atoms with E-state index in [1.54, 1.807) is 0 Å². The van der Waals surface area contributed by atoms with Crippen molar-refractivity contribution < 1.29 is 69.1 Å². The minimum absolute atomic E-state index is 0.141. The van der Waals surface area contributed by atoms with Gasteiger partial charge < -0.3 is 54.7 Å². The van der Waals surface area contributed by atoms with Gasteiger partial charge in [-0.25, -0.2) is 14.4 Å². The van der Waals surface area contributed by atoms with Crippen molar-refractivity contribution >= 4 is 17.9 Å². The lowest BCUT2D eigenvalue weighted by Crippen LogP contribution is -2.43. The topological polar surface area (TPSA) is 230 Å². The van der Waals surface area contributed by atoms with Crippen LogP contribution in [0, 0.1) is 16.2 Å². The Kier molecular flexibility index (Phi) is 20.0. The largest absolute Gasteiger partial charge is 0.462 e. The van der Waals surface area contributed by atoms with Crippen LogP contribution < -0.4 is 0 Å². The van der Waals surface area contributed by atoms with Gasteiger partial charge in [-0.3, -0.25) is 0 Å². The smallest absolute Gasteiger partial charge is 0.330 e. The zero-order valence-electron chi connectivity index (χ0n) is 21.3. The SMILES string of the molecule is C=CC(=O)OCC(CO)(COC(=O)C=C)COC(=O)C=C.OCC(CO)(CO)COCC(CO)(CO)CO. The molecule has 0 aliphatic carbocycles. The second kappa shape index (κ2) is 20.3. The first-order chi connectivity index (χ1) is 18.0. The second-order valence-electron chi connectivity index (χ2n) is 8.54.